The number of fused-ring (bicyclic) bond motifs is 1. The molecule has 2 N–H and O–H groups in total. The summed E-state index contributed by atoms with van der Waals surface area (Å²) in [6.45, 7) is 16.7. The summed E-state index contributed by atoms with van der Waals surface area (Å²) in [5.41, 5.74) is 0.644. The molecule has 1 aliphatic heterocycles. The Bertz CT molecular complexity index is 1190. The molecule has 2 aliphatic rings. The van der Waals surface area contributed by atoms with Crippen molar-refractivity contribution in [1.29, 1.82) is 0 Å². The first-order valence-electron chi connectivity index (χ1n) is 14.9. The number of benzene rings is 1. The number of allylic oxidation sites excluding steroid dienone is 1. The molecule has 1 aromatic rings. The van der Waals surface area contributed by atoms with Gasteiger partial charge in [0.1, 0.15) is 6.04 Å². The molecule has 1 heterocycles. The first-order valence-corrected chi connectivity index (χ1v) is 14.9. The van der Waals surface area contributed by atoms with Crippen molar-refractivity contribution in [3.63, 3.8) is 0 Å². The fourth-order valence-electron chi connectivity index (χ4n) is 5.91. The number of Topliss-reactive ketones (excluding diaryl/α,β-unsaturated/α-hetero) is 1. The Balaban J connectivity index is 1.62. The number of nitrogens with one attached hydrogen (secondary N) is 2. The Labute approximate surface area is 250 Å². The van der Waals surface area contributed by atoms with E-state index in [4.69, 9.17) is 0 Å². The molecular weight excluding hydrogens is 532 g/mol. The molecule has 9 heteroatoms. The predicted octanol–water partition coefficient (Wildman–Crippen LogP) is 3.34. The lowest BCUT2D eigenvalue weighted by Crippen LogP contribution is -2.56. The highest BCUT2D eigenvalue weighted by Gasteiger charge is 2.69. The van der Waals surface area contributed by atoms with E-state index in [1.165, 1.54) is 0 Å². The third kappa shape index (κ3) is 7.47. The number of amides is 4. The van der Waals surface area contributed by atoms with Gasteiger partial charge in [0.25, 0.3) is 5.91 Å². The summed E-state index contributed by atoms with van der Waals surface area (Å²) in [5, 5.41) is 5.35. The molecule has 1 unspecified atom stereocenters. The van der Waals surface area contributed by atoms with Gasteiger partial charge >= 0.3 is 0 Å². The van der Waals surface area contributed by atoms with Crippen molar-refractivity contribution in [2.75, 3.05) is 20.1 Å². The maximum atomic E-state index is 13.7. The molecule has 0 spiro atoms. The van der Waals surface area contributed by atoms with Crippen molar-refractivity contribution in [2.24, 2.45) is 28.6 Å². The Hall–Kier alpha value is -3.49. The Morgan fingerprint density at radius 2 is 1.79 bits per heavy atom. The Kier molecular flexibility index (Phi) is 10.4. The molecule has 2 fully saturated rings. The lowest BCUT2D eigenvalue weighted by atomic mass is 9.81. The topological polar surface area (TPSA) is 116 Å². The predicted molar refractivity (Wildman–Crippen MR) is 162 cm³/mol. The molecule has 5 atom stereocenters. The number of likely N-dealkylation sites (tertiary alicyclic amines) is 1. The van der Waals surface area contributed by atoms with Crippen LogP contribution in [0.1, 0.15) is 66.4 Å². The molecule has 230 valence electrons. The summed E-state index contributed by atoms with van der Waals surface area (Å²) in [7, 11) is 1.69. The van der Waals surface area contributed by atoms with Gasteiger partial charge in [-0.25, -0.2) is 0 Å². The van der Waals surface area contributed by atoms with E-state index < -0.39 is 29.7 Å². The van der Waals surface area contributed by atoms with Crippen molar-refractivity contribution in [2.45, 2.75) is 79.4 Å². The van der Waals surface area contributed by atoms with Crippen LogP contribution >= 0.6 is 0 Å². The smallest absolute Gasteiger partial charge is 0.289 e. The van der Waals surface area contributed by atoms with E-state index in [1.807, 2.05) is 58.0 Å². The van der Waals surface area contributed by atoms with Crippen LogP contribution in [0.15, 0.2) is 43.0 Å². The van der Waals surface area contributed by atoms with Gasteiger partial charge < -0.3 is 20.4 Å². The number of hydrogen-bond donors (Lipinski definition) is 2. The molecule has 42 heavy (non-hydrogen) atoms. The SMILES string of the molecule is C=CCCC(NC(=O)[C@@H]1[C@@H]2[C@H](CN1C(=O)[C@@H](C)C(C)(C)C)C2(C)C)C(=O)C(=O)NCCC(=O)N(C)Cc1ccccc1. The molecule has 1 aliphatic carbocycles. The third-order valence-electron chi connectivity index (χ3n) is 9.26. The van der Waals surface area contributed by atoms with Crippen LogP contribution in [-0.2, 0) is 30.5 Å². The fraction of sp³-hybridized carbons (Fsp3) is 0.606. The minimum absolute atomic E-state index is 0.00178. The average molecular weight is 581 g/mol. The number of ketones is 1. The van der Waals surface area contributed by atoms with Crippen LogP contribution in [0.3, 0.4) is 0 Å². The number of carbonyl (C=O) groups is 5. The molecule has 3 rings (SSSR count). The second-order valence-electron chi connectivity index (χ2n) is 13.5. The zero-order valence-electron chi connectivity index (χ0n) is 26.2. The van der Waals surface area contributed by atoms with Gasteiger partial charge in [-0.3, -0.25) is 24.0 Å². The number of piperidine rings is 1. The van der Waals surface area contributed by atoms with E-state index in [-0.39, 0.29) is 59.8 Å². The van der Waals surface area contributed by atoms with Gasteiger partial charge in [0.05, 0.1) is 6.04 Å². The van der Waals surface area contributed by atoms with Crippen molar-refractivity contribution in [3.05, 3.63) is 48.6 Å². The van der Waals surface area contributed by atoms with E-state index in [0.717, 1.165) is 5.56 Å². The molecule has 1 saturated heterocycles. The van der Waals surface area contributed by atoms with Gasteiger partial charge in [0.15, 0.2) is 0 Å². The van der Waals surface area contributed by atoms with Gasteiger partial charge in [0.2, 0.25) is 23.5 Å². The molecular formula is C33H48N4O5. The number of hydrogen-bond acceptors (Lipinski definition) is 5. The van der Waals surface area contributed by atoms with E-state index in [9.17, 15) is 24.0 Å². The first-order chi connectivity index (χ1) is 19.6. The molecule has 1 aromatic carbocycles. The van der Waals surface area contributed by atoms with Crippen LogP contribution in [0.25, 0.3) is 0 Å². The van der Waals surface area contributed by atoms with Crippen LogP contribution in [0.2, 0.25) is 0 Å². The van der Waals surface area contributed by atoms with Crippen molar-refractivity contribution >= 4 is 29.4 Å². The summed E-state index contributed by atoms with van der Waals surface area (Å²) < 4.78 is 0. The minimum Gasteiger partial charge on any atom is -0.349 e. The molecule has 9 nitrogen and oxygen atoms in total. The van der Waals surface area contributed by atoms with Gasteiger partial charge in [-0.15, -0.1) is 6.58 Å². The van der Waals surface area contributed by atoms with Crippen LogP contribution in [0.5, 0.6) is 0 Å². The highest BCUT2D eigenvalue weighted by Crippen LogP contribution is 2.65. The van der Waals surface area contributed by atoms with Gasteiger partial charge in [-0.05, 0) is 41.1 Å². The quantitative estimate of drug-likeness (QED) is 0.274. The maximum Gasteiger partial charge on any atom is 0.289 e. The van der Waals surface area contributed by atoms with Crippen molar-refractivity contribution in [1.82, 2.24) is 20.4 Å². The first kappa shape index (κ1) is 33.0. The van der Waals surface area contributed by atoms with E-state index in [1.54, 1.807) is 22.9 Å². The number of rotatable bonds is 13. The van der Waals surface area contributed by atoms with E-state index in [0.29, 0.717) is 19.5 Å². The number of nitrogens with zero attached hydrogens (tertiary/aromatic N) is 2. The third-order valence-corrected chi connectivity index (χ3v) is 9.26. The molecule has 0 bridgehead atoms. The second-order valence-corrected chi connectivity index (χ2v) is 13.5. The summed E-state index contributed by atoms with van der Waals surface area (Å²) in [4.78, 5) is 69.0. The van der Waals surface area contributed by atoms with Gasteiger partial charge in [-0.1, -0.05) is 78.0 Å². The maximum absolute atomic E-state index is 13.7. The molecule has 0 aromatic heterocycles. The Morgan fingerprint density at radius 1 is 1.14 bits per heavy atom. The standard InChI is InChI=1S/C33H48N4O5/c1-9-10-16-24(28(39)30(41)34-18-17-25(38)36(8)19-22-14-12-11-13-15-22)35-29(40)27-26-23(33(26,6)7)20-37(27)31(42)21(2)32(3,4)5/h9,11-15,21,23-24,26-27H,1,10,16-20H2,2-8H3,(H,34,41)(H,35,40)/t21-,23+,24?,26+,27+/m1/s1. The average Bonchev–Trinajstić information content (AvgIpc) is 3.25. The van der Waals surface area contributed by atoms with Crippen LogP contribution in [-0.4, -0.2) is 71.4 Å². The van der Waals surface area contributed by atoms with Gasteiger partial charge in [-0.2, -0.15) is 0 Å². The van der Waals surface area contributed by atoms with Crippen LogP contribution < -0.4 is 10.6 Å². The summed E-state index contributed by atoms with van der Waals surface area (Å²) in [6, 6.07) is 7.81. The fourth-order valence-corrected chi connectivity index (χ4v) is 5.91. The Morgan fingerprint density at radius 3 is 2.38 bits per heavy atom. The lowest BCUT2D eigenvalue weighted by Gasteiger charge is -2.36. The van der Waals surface area contributed by atoms with E-state index in [2.05, 4.69) is 31.1 Å². The summed E-state index contributed by atoms with van der Waals surface area (Å²) in [5.74, 6) is -2.35. The summed E-state index contributed by atoms with van der Waals surface area (Å²) in [6.07, 6.45) is 2.28. The molecule has 1 saturated carbocycles. The zero-order chi connectivity index (χ0) is 31.4. The van der Waals surface area contributed by atoms with Crippen molar-refractivity contribution < 1.29 is 24.0 Å². The van der Waals surface area contributed by atoms with Crippen LogP contribution in [0.4, 0.5) is 0 Å². The highest BCUT2D eigenvalue weighted by atomic mass is 16.2. The monoisotopic (exact) mass is 580 g/mol. The molecule has 4 amide bonds. The normalized spacial score (nSPS) is 21.9. The minimum atomic E-state index is -1.06. The summed E-state index contributed by atoms with van der Waals surface area (Å²) >= 11 is 0. The second kappa shape index (κ2) is 13.2. The van der Waals surface area contributed by atoms with Gasteiger partial charge in [0, 0.05) is 39.0 Å². The van der Waals surface area contributed by atoms with E-state index >= 15 is 0 Å². The largest absolute Gasteiger partial charge is 0.349 e. The highest BCUT2D eigenvalue weighted by molar-refractivity contribution is 6.38. The lowest BCUT2D eigenvalue weighted by molar-refractivity contribution is -0.146. The number of carbonyl (C=O) groups excluding carboxylic acids is 5. The molecule has 0 radical (unpaired) electrons. The zero-order valence-corrected chi connectivity index (χ0v) is 26.2. The van der Waals surface area contributed by atoms with Crippen LogP contribution in [0, 0.1) is 28.6 Å². The van der Waals surface area contributed by atoms with Crippen molar-refractivity contribution in [3.8, 4) is 0 Å².